The van der Waals surface area contributed by atoms with Crippen LogP contribution in [0.15, 0.2) is 28.9 Å². The summed E-state index contributed by atoms with van der Waals surface area (Å²) in [7, 11) is 6.12. The average molecular weight is 290 g/mol. The second-order valence-corrected chi connectivity index (χ2v) is 5.71. The minimum absolute atomic E-state index is 0.199. The molecule has 5 nitrogen and oxygen atoms in total. The summed E-state index contributed by atoms with van der Waals surface area (Å²) in [6, 6.07) is 4.61. The maximum absolute atomic E-state index is 5.80. The van der Waals surface area contributed by atoms with E-state index in [1.54, 1.807) is 0 Å². The molecule has 0 fully saturated rings. The van der Waals surface area contributed by atoms with Crippen LogP contribution in [0.5, 0.6) is 0 Å². The second kappa shape index (κ2) is 6.91. The van der Waals surface area contributed by atoms with Crippen LogP contribution in [0.4, 0.5) is 0 Å². The number of furan rings is 1. The first kappa shape index (κ1) is 15.8. The highest BCUT2D eigenvalue weighted by molar-refractivity contribution is 5.13. The first-order valence-electron chi connectivity index (χ1n) is 7.48. The highest BCUT2D eigenvalue weighted by Crippen LogP contribution is 2.20. The third-order valence-electron chi connectivity index (χ3n) is 3.81. The van der Waals surface area contributed by atoms with E-state index in [4.69, 9.17) is 4.42 Å². The molecule has 0 saturated carbocycles. The Balaban J connectivity index is 1.98. The van der Waals surface area contributed by atoms with Gasteiger partial charge in [0.05, 0.1) is 12.2 Å². The summed E-state index contributed by atoms with van der Waals surface area (Å²) in [5.74, 6) is 2.03. The highest BCUT2D eigenvalue weighted by Gasteiger charge is 2.18. The van der Waals surface area contributed by atoms with Crippen LogP contribution in [0.25, 0.3) is 0 Å². The van der Waals surface area contributed by atoms with Crippen LogP contribution >= 0.6 is 0 Å². The number of nitrogens with one attached hydrogen (secondary N) is 1. The molecule has 1 N–H and O–H groups in total. The molecule has 2 aromatic heterocycles. The average Bonchev–Trinajstić information content (AvgIpc) is 3.07. The van der Waals surface area contributed by atoms with E-state index in [0.29, 0.717) is 6.04 Å². The molecule has 116 valence electrons. The van der Waals surface area contributed by atoms with E-state index in [1.165, 1.54) is 5.56 Å². The molecule has 0 radical (unpaired) electrons. The van der Waals surface area contributed by atoms with Gasteiger partial charge in [-0.2, -0.15) is 5.10 Å². The molecule has 2 aromatic rings. The van der Waals surface area contributed by atoms with Crippen molar-refractivity contribution in [2.75, 3.05) is 20.6 Å². The minimum Gasteiger partial charge on any atom is -0.464 e. The number of likely N-dealkylation sites (N-methyl/N-ethyl adjacent to an activating group) is 1. The lowest BCUT2D eigenvalue weighted by molar-refractivity contribution is 0.275. The molecule has 0 amide bonds. The van der Waals surface area contributed by atoms with Crippen LogP contribution in [-0.2, 0) is 13.5 Å². The molecule has 2 atom stereocenters. The molecular formula is C16H26N4O. The van der Waals surface area contributed by atoms with Crippen molar-refractivity contribution in [3.8, 4) is 0 Å². The molecule has 0 unspecified atom stereocenters. The molecule has 21 heavy (non-hydrogen) atoms. The van der Waals surface area contributed by atoms with Gasteiger partial charge < -0.3 is 14.6 Å². The van der Waals surface area contributed by atoms with Crippen molar-refractivity contribution in [1.82, 2.24) is 20.0 Å². The Hall–Kier alpha value is -1.59. The van der Waals surface area contributed by atoms with Crippen LogP contribution in [0, 0.1) is 0 Å². The molecule has 0 aliphatic rings. The molecule has 0 aromatic carbocycles. The van der Waals surface area contributed by atoms with E-state index in [9.17, 15) is 0 Å². The smallest absolute Gasteiger partial charge is 0.120 e. The number of nitrogens with zero attached hydrogens (tertiary/aromatic N) is 3. The van der Waals surface area contributed by atoms with E-state index in [1.807, 2.05) is 17.9 Å². The molecular weight excluding hydrogens is 264 g/mol. The summed E-state index contributed by atoms with van der Waals surface area (Å²) in [5, 5.41) is 7.82. The van der Waals surface area contributed by atoms with Gasteiger partial charge in [-0.3, -0.25) is 4.68 Å². The monoisotopic (exact) mass is 290 g/mol. The van der Waals surface area contributed by atoms with Crippen molar-refractivity contribution in [2.24, 2.45) is 7.05 Å². The third-order valence-corrected chi connectivity index (χ3v) is 3.81. The van der Waals surface area contributed by atoms with E-state index in [2.05, 4.69) is 61.6 Å². The number of aryl methyl sites for hydroxylation is 2. The zero-order valence-corrected chi connectivity index (χ0v) is 13.6. The number of hydrogen-bond donors (Lipinski definition) is 1. The summed E-state index contributed by atoms with van der Waals surface area (Å²) >= 11 is 0. The predicted octanol–water partition coefficient (Wildman–Crippen LogP) is 2.53. The zero-order valence-electron chi connectivity index (χ0n) is 13.6. The SMILES string of the molecule is CCc1ccc([C@H](C)NC[C@@H](c2cnn(C)c2)N(C)C)o1. The van der Waals surface area contributed by atoms with Gasteiger partial charge in [-0.1, -0.05) is 6.92 Å². The number of rotatable bonds is 7. The Kier molecular flexibility index (Phi) is 5.20. The Labute approximate surface area is 126 Å². The van der Waals surface area contributed by atoms with Crippen molar-refractivity contribution in [3.63, 3.8) is 0 Å². The van der Waals surface area contributed by atoms with Crippen LogP contribution in [0.1, 0.15) is 43.0 Å². The Morgan fingerprint density at radius 3 is 2.67 bits per heavy atom. The lowest BCUT2D eigenvalue weighted by Crippen LogP contribution is -2.32. The van der Waals surface area contributed by atoms with Gasteiger partial charge in [0.2, 0.25) is 0 Å². The minimum atomic E-state index is 0.199. The van der Waals surface area contributed by atoms with Crippen LogP contribution in [0.3, 0.4) is 0 Å². The Bertz CT molecular complexity index is 558. The lowest BCUT2D eigenvalue weighted by atomic mass is 10.1. The van der Waals surface area contributed by atoms with Gasteiger partial charge in [-0.05, 0) is 33.2 Å². The summed E-state index contributed by atoms with van der Waals surface area (Å²) in [6.07, 6.45) is 4.93. The van der Waals surface area contributed by atoms with Crippen molar-refractivity contribution >= 4 is 0 Å². The van der Waals surface area contributed by atoms with Gasteiger partial charge in [0.15, 0.2) is 0 Å². The van der Waals surface area contributed by atoms with E-state index < -0.39 is 0 Å². The fourth-order valence-corrected chi connectivity index (χ4v) is 2.42. The predicted molar refractivity (Wildman–Crippen MR) is 84.1 cm³/mol. The maximum atomic E-state index is 5.80. The van der Waals surface area contributed by atoms with Crippen molar-refractivity contribution in [2.45, 2.75) is 32.4 Å². The quantitative estimate of drug-likeness (QED) is 0.851. The summed E-state index contributed by atoms with van der Waals surface area (Å²) < 4.78 is 7.65. The second-order valence-electron chi connectivity index (χ2n) is 5.71. The fraction of sp³-hybridized carbons (Fsp3) is 0.562. The molecule has 5 heteroatoms. The first-order valence-corrected chi connectivity index (χ1v) is 7.48. The standard InChI is InChI=1S/C16H26N4O/c1-6-14-7-8-16(21-14)12(2)17-10-15(19(3)4)13-9-18-20(5)11-13/h7-9,11-12,15,17H,6,10H2,1-5H3/t12-,15-/m0/s1. The zero-order chi connectivity index (χ0) is 15.4. The van der Waals surface area contributed by atoms with Gasteiger partial charge in [0, 0.05) is 37.8 Å². The molecule has 2 rings (SSSR count). The maximum Gasteiger partial charge on any atom is 0.120 e. The van der Waals surface area contributed by atoms with Crippen LogP contribution in [-0.4, -0.2) is 35.3 Å². The molecule has 0 spiro atoms. The topological polar surface area (TPSA) is 46.2 Å². The van der Waals surface area contributed by atoms with E-state index >= 15 is 0 Å². The van der Waals surface area contributed by atoms with E-state index in [0.717, 1.165) is 24.5 Å². The van der Waals surface area contributed by atoms with Gasteiger partial charge >= 0.3 is 0 Å². The molecule has 0 aliphatic heterocycles. The van der Waals surface area contributed by atoms with Gasteiger partial charge in [-0.25, -0.2) is 0 Å². The van der Waals surface area contributed by atoms with Crippen molar-refractivity contribution in [3.05, 3.63) is 41.6 Å². The van der Waals surface area contributed by atoms with E-state index in [-0.39, 0.29) is 6.04 Å². The van der Waals surface area contributed by atoms with Crippen LogP contribution < -0.4 is 5.32 Å². The molecule has 0 aliphatic carbocycles. The Morgan fingerprint density at radius 1 is 1.38 bits per heavy atom. The van der Waals surface area contributed by atoms with Gasteiger partial charge in [0.1, 0.15) is 11.5 Å². The Morgan fingerprint density at radius 2 is 2.14 bits per heavy atom. The van der Waals surface area contributed by atoms with Crippen molar-refractivity contribution in [1.29, 1.82) is 0 Å². The molecule has 0 bridgehead atoms. The van der Waals surface area contributed by atoms with Gasteiger partial charge in [-0.15, -0.1) is 0 Å². The number of hydrogen-bond acceptors (Lipinski definition) is 4. The normalized spacial score (nSPS) is 14.6. The highest BCUT2D eigenvalue weighted by atomic mass is 16.3. The van der Waals surface area contributed by atoms with Gasteiger partial charge in [0.25, 0.3) is 0 Å². The third kappa shape index (κ3) is 3.95. The molecule has 2 heterocycles. The first-order chi connectivity index (χ1) is 10.0. The largest absolute Gasteiger partial charge is 0.464 e. The van der Waals surface area contributed by atoms with Crippen molar-refractivity contribution < 1.29 is 4.42 Å². The molecule has 0 saturated heterocycles. The lowest BCUT2D eigenvalue weighted by Gasteiger charge is -2.25. The summed E-state index contributed by atoms with van der Waals surface area (Å²) in [4.78, 5) is 2.20. The number of aromatic nitrogens is 2. The van der Waals surface area contributed by atoms with Crippen LogP contribution in [0.2, 0.25) is 0 Å². The summed E-state index contributed by atoms with van der Waals surface area (Å²) in [5.41, 5.74) is 1.22. The summed E-state index contributed by atoms with van der Waals surface area (Å²) in [6.45, 7) is 5.08. The fourth-order valence-electron chi connectivity index (χ4n) is 2.42.